The van der Waals surface area contributed by atoms with Crippen LogP contribution in [0.25, 0.3) is 6.08 Å². The Morgan fingerprint density at radius 2 is 1.65 bits per heavy atom. The fourth-order valence-electron chi connectivity index (χ4n) is 3.87. The number of halogens is 1. The average Bonchev–Trinajstić information content (AvgIpc) is 3.16. The van der Waals surface area contributed by atoms with E-state index in [1.165, 1.54) is 5.56 Å². The number of amides is 3. The molecule has 0 unspecified atom stereocenters. The Balaban J connectivity index is 1.37. The van der Waals surface area contributed by atoms with E-state index in [-0.39, 0.29) is 23.5 Å². The normalized spacial score (nSPS) is 14.5. The second-order valence-electron chi connectivity index (χ2n) is 10.3. The van der Waals surface area contributed by atoms with Gasteiger partial charge in [-0.3, -0.25) is 19.3 Å². The van der Waals surface area contributed by atoms with Gasteiger partial charge in [0.1, 0.15) is 31.3 Å². The van der Waals surface area contributed by atoms with Crippen LogP contribution in [0.3, 0.4) is 0 Å². The number of benzene rings is 3. The largest absolute Gasteiger partial charge is 0.490 e. The van der Waals surface area contributed by atoms with Crippen molar-refractivity contribution in [3.63, 3.8) is 0 Å². The summed E-state index contributed by atoms with van der Waals surface area (Å²) in [6.45, 7) is 8.67. The number of nitrogens with one attached hydrogen (secondary N) is 1. The first kappa shape index (κ1) is 29.4. The molecule has 1 N–H and O–H groups in total. The van der Waals surface area contributed by atoms with E-state index in [2.05, 4.69) is 54.2 Å². The molecule has 3 aromatic carbocycles. The van der Waals surface area contributed by atoms with E-state index in [0.29, 0.717) is 23.6 Å². The first-order chi connectivity index (χ1) is 19.0. The second kappa shape index (κ2) is 12.7. The summed E-state index contributed by atoms with van der Waals surface area (Å²) < 4.78 is 12.6. The molecular weight excluding hydrogens is 592 g/mol. The van der Waals surface area contributed by atoms with Gasteiger partial charge in [-0.15, -0.1) is 0 Å². The van der Waals surface area contributed by atoms with Gasteiger partial charge in [0.2, 0.25) is 5.91 Å². The number of hydrogen-bond acceptors (Lipinski definition) is 6. The lowest BCUT2D eigenvalue weighted by Gasteiger charge is -2.19. The Morgan fingerprint density at radius 3 is 2.33 bits per heavy atom. The van der Waals surface area contributed by atoms with Crippen LogP contribution in [0, 0.1) is 6.92 Å². The molecular formula is C31H31BrN2O5S. The molecule has 3 aromatic rings. The van der Waals surface area contributed by atoms with Gasteiger partial charge in [0.05, 0.1) is 4.91 Å². The average molecular weight is 624 g/mol. The van der Waals surface area contributed by atoms with E-state index in [0.717, 1.165) is 32.4 Å². The fourth-order valence-corrected chi connectivity index (χ4v) is 5.04. The highest BCUT2D eigenvalue weighted by Gasteiger charge is 2.36. The van der Waals surface area contributed by atoms with Crippen LogP contribution in [0.2, 0.25) is 0 Å². The van der Waals surface area contributed by atoms with E-state index in [1.54, 1.807) is 30.3 Å². The Morgan fingerprint density at radius 1 is 0.975 bits per heavy atom. The summed E-state index contributed by atoms with van der Waals surface area (Å²) in [5.74, 6) is 0.314. The number of imide groups is 1. The number of ether oxygens (including phenoxy) is 2. The fraction of sp³-hybridized carbons (Fsp3) is 0.258. The zero-order valence-corrected chi connectivity index (χ0v) is 25.2. The van der Waals surface area contributed by atoms with Gasteiger partial charge < -0.3 is 14.8 Å². The van der Waals surface area contributed by atoms with E-state index >= 15 is 0 Å². The molecule has 0 atom stereocenters. The van der Waals surface area contributed by atoms with Crippen LogP contribution in [-0.2, 0) is 15.0 Å². The SMILES string of the molecule is Cc1ccc(NC(=O)CN2C(=O)S/C(=C\c3ccc(Br)cc3OCCOc3ccc(C(C)(C)C)cc3)C2=O)cc1. The molecule has 4 rings (SSSR count). The number of carbonyl (C=O) groups excluding carboxylic acids is 3. The smallest absolute Gasteiger partial charge is 0.294 e. The highest BCUT2D eigenvalue weighted by Crippen LogP contribution is 2.35. The number of rotatable bonds is 9. The van der Waals surface area contributed by atoms with E-state index in [9.17, 15) is 14.4 Å². The highest BCUT2D eigenvalue weighted by atomic mass is 79.9. The lowest BCUT2D eigenvalue weighted by atomic mass is 9.87. The van der Waals surface area contributed by atoms with E-state index in [1.807, 2.05) is 37.3 Å². The standard InChI is InChI=1S/C31H31BrN2O5S/c1-20-5-11-24(12-6-20)33-28(35)19-34-29(36)27(40-30(34)37)17-21-7-10-23(32)18-26(21)39-16-15-38-25-13-8-22(9-14-25)31(2,3)4/h5-14,17-18H,15-16,19H2,1-4H3,(H,33,35)/b27-17-. The number of hydrogen-bond donors (Lipinski definition) is 1. The summed E-state index contributed by atoms with van der Waals surface area (Å²) in [6.07, 6.45) is 1.61. The number of anilines is 1. The minimum atomic E-state index is -0.523. The van der Waals surface area contributed by atoms with Crippen molar-refractivity contribution in [1.82, 2.24) is 4.90 Å². The predicted molar refractivity (Wildman–Crippen MR) is 163 cm³/mol. The lowest BCUT2D eigenvalue weighted by Crippen LogP contribution is -2.36. The zero-order chi connectivity index (χ0) is 28.9. The molecule has 1 saturated heterocycles. The van der Waals surface area contributed by atoms with Crippen molar-refractivity contribution in [3.8, 4) is 11.5 Å². The second-order valence-corrected chi connectivity index (χ2v) is 12.2. The van der Waals surface area contributed by atoms with Gasteiger partial charge in [-0.25, -0.2) is 0 Å². The van der Waals surface area contributed by atoms with Crippen LogP contribution >= 0.6 is 27.7 Å². The molecule has 3 amide bonds. The molecule has 1 fully saturated rings. The van der Waals surface area contributed by atoms with Crippen molar-refractivity contribution in [2.45, 2.75) is 33.1 Å². The Hall–Kier alpha value is -3.56. The van der Waals surface area contributed by atoms with Crippen LogP contribution in [0.1, 0.15) is 37.5 Å². The van der Waals surface area contributed by atoms with Crippen LogP contribution in [-0.4, -0.2) is 41.7 Å². The molecule has 0 saturated carbocycles. The zero-order valence-electron chi connectivity index (χ0n) is 22.8. The van der Waals surface area contributed by atoms with Gasteiger partial charge in [0, 0.05) is 15.7 Å². The predicted octanol–water partition coefficient (Wildman–Crippen LogP) is 7.19. The molecule has 1 heterocycles. The number of thioether (sulfide) groups is 1. The third kappa shape index (κ3) is 7.76. The first-order valence-corrected chi connectivity index (χ1v) is 14.4. The third-order valence-corrected chi connectivity index (χ3v) is 7.50. The van der Waals surface area contributed by atoms with Crippen LogP contribution in [0.15, 0.2) is 76.1 Å². The summed E-state index contributed by atoms with van der Waals surface area (Å²) in [5, 5.41) is 2.22. The molecule has 0 radical (unpaired) electrons. The van der Waals surface area contributed by atoms with Crippen molar-refractivity contribution in [2.75, 3.05) is 25.1 Å². The summed E-state index contributed by atoms with van der Waals surface area (Å²) in [5.41, 5.74) is 3.59. The van der Waals surface area contributed by atoms with Gasteiger partial charge >= 0.3 is 0 Å². The summed E-state index contributed by atoms with van der Waals surface area (Å²) in [4.78, 5) is 39.2. The Bertz CT molecular complexity index is 1430. The molecule has 0 aromatic heterocycles. The van der Waals surface area contributed by atoms with Crippen molar-refractivity contribution in [1.29, 1.82) is 0 Å². The van der Waals surface area contributed by atoms with Gasteiger partial charge in [-0.05, 0) is 72.1 Å². The van der Waals surface area contributed by atoms with Crippen LogP contribution in [0.4, 0.5) is 10.5 Å². The Kier molecular flexibility index (Phi) is 9.37. The van der Waals surface area contributed by atoms with E-state index < -0.39 is 17.1 Å². The highest BCUT2D eigenvalue weighted by molar-refractivity contribution is 9.10. The van der Waals surface area contributed by atoms with Gasteiger partial charge in [0.15, 0.2) is 0 Å². The van der Waals surface area contributed by atoms with Gasteiger partial charge in [0.25, 0.3) is 11.1 Å². The molecule has 9 heteroatoms. The monoisotopic (exact) mass is 622 g/mol. The molecule has 1 aliphatic heterocycles. The van der Waals surface area contributed by atoms with Crippen molar-refractivity contribution in [2.24, 2.45) is 0 Å². The molecule has 40 heavy (non-hydrogen) atoms. The summed E-state index contributed by atoms with van der Waals surface area (Å²) >= 11 is 4.25. The first-order valence-electron chi connectivity index (χ1n) is 12.8. The minimum absolute atomic E-state index is 0.0712. The Labute approximate surface area is 247 Å². The number of nitrogens with zero attached hydrogens (tertiary/aromatic N) is 1. The molecule has 208 valence electrons. The van der Waals surface area contributed by atoms with Crippen LogP contribution in [0.5, 0.6) is 11.5 Å². The van der Waals surface area contributed by atoms with Crippen molar-refractivity contribution in [3.05, 3.63) is 92.8 Å². The molecule has 0 bridgehead atoms. The molecule has 1 aliphatic rings. The van der Waals surface area contributed by atoms with E-state index in [4.69, 9.17) is 9.47 Å². The third-order valence-electron chi connectivity index (χ3n) is 6.10. The molecule has 0 spiro atoms. The maximum Gasteiger partial charge on any atom is 0.294 e. The quantitative estimate of drug-likeness (QED) is 0.201. The summed E-state index contributed by atoms with van der Waals surface area (Å²) in [6, 6.07) is 20.7. The van der Waals surface area contributed by atoms with Crippen molar-refractivity contribution >= 4 is 56.5 Å². The summed E-state index contributed by atoms with van der Waals surface area (Å²) in [7, 11) is 0. The maximum absolute atomic E-state index is 13.0. The minimum Gasteiger partial charge on any atom is -0.490 e. The lowest BCUT2D eigenvalue weighted by molar-refractivity contribution is -0.127. The maximum atomic E-state index is 13.0. The van der Waals surface area contributed by atoms with Crippen LogP contribution < -0.4 is 14.8 Å². The number of carbonyl (C=O) groups is 3. The molecule has 0 aliphatic carbocycles. The topological polar surface area (TPSA) is 84.9 Å². The van der Waals surface area contributed by atoms with Crippen molar-refractivity contribution < 1.29 is 23.9 Å². The number of aryl methyl sites for hydroxylation is 1. The molecule has 7 nitrogen and oxygen atoms in total. The van der Waals surface area contributed by atoms with Gasteiger partial charge in [-0.2, -0.15) is 0 Å². The van der Waals surface area contributed by atoms with Gasteiger partial charge in [-0.1, -0.05) is 72.6 Å².